The molecule has 44 valence electrons. The van der Waals surface area contributed by atoms with Crippen molar-refractivity contribution in [1.29, 1.82) is 0 Å². The molecule has 0 saturated carbocycles. The van der Waals surface area contributed by atoms with E-state index in [0.717, 1.165) is 17.9 Å². The van der Waals surface area contributed by atoms with E-state index >= 15 is 0 Å². The molecule has 0 bridgehead atoms. The van der Waals surface area contributed by atoms with Gasteiger partial charge < -0.3 is 4.52 Å². The number of thiol groups is 1. The minimum absolute atomic E-state index is 0.786. The second kappa shape index (κ2) is 2.71. The molecule has 0 atom stereocenters. The molecule has 0 saturated heterocycles. The van der Waals surface area contributed by atoms with Gasteiger partial charge in [0.05, 0.1) is 0 Å². The van der Waals surface area contributed by atoms with Crippen molar-refractivity contribution < 1.29 is 4.52 Å². The van der Waals surface area contributed by atoms with Crippen molar-refractivity contribution in [2.75, 3.05) is 5.75 Å². The average Bonchev–Trinajstić information content (AvgIpc) is 2.19. The summed E-state index contributed by atoms with van der Waals surface area (Å²) in [6.07, 6.45) is 2.35. The van der Waals surface area contributed by atoms with Crippen LogP contribution in [0.1, 0.15) is 5.69 Å². The summed E-state index contributed by atoms with van der Waals surface area (Å²) in [5.41, 5.74) is 0.861. The third-order valence-electron chi connectivity index (χ3n) is 0.773. The van der Waals surface area contributed by atoms with Crippen molar-refractivity contribution in [3.8, 4) is 0 Å². The zero-order valence-corrected chi connectivity index (χ0v) is 5.14. The minimum atomic E-state index is 0.786. The first-order valence-corrected chi connectivity index (χ1v) is 2.93. The Hall–Kier alpha value is -0.510. The van der Waals surface area contributed by atoms with Crippen LogP contribution in [0, 0.1) is 0 Å². The van der Waals surface area contributed by atoms with E-state index < -0.39 is 0 Å². The van der Waals surface area contributed by atoms with Gasteiger partial charge in [0, 0.05) is 11.7 Å². The van der Waals surface area contributed by atoms with Crippen LogP contribution in [0.4, 0.5) is 0 Å². The highest BCUT2D eigenvalue weighted by molar-refractivity contribution is 7.80. The summed E-state index contributed by atoms with van der Waals surface area (Å²) in [5, 5.41) is 6.92. The molecule has 1 aromatic heterocycles. The lowest BCUT2D eigenvalue weighted by Crippen LogP contribution is -1.84. The van der Waals surface area contributed by atoms with Crippen LogP contribution in [0.3, 0.4) is 0 Å². The van der Waals surface area contributed by atoms with E-state index in [4.69, 9.17) is 0 Å². The van der Waals surface area contributed by atoms with Crippen molar-refractivity contribution >= 4 is 12.6 Å². The fourth-order valence-electron chi connectivity index (χ4n) is 0.407. The first-order valence-electron chi connectivity index (χ1n) is 2.30. The molecule has 0 aliphatic rings. The second-order valence-corrected chi connectivity index (χ2v) is 1.82. The molecule has 0 spiro atoms. The number of hydrogen-bond donors (Lipinski definition) is 1. The first kappa shape index (κ1) is 5.62. The highest BCUT2D eigenvalue weighted by Gasteiger charge is 1.92. The summed E-state index contributed by atoms with van der Waals surface area (Å²) in [6.45, 7) is 0. The zero-order valence-electron chi connectivity index (χ0n) is 4.24. The lowest BCUT2D eigenvalue weighted by Gasteiger charge is -1.80. The molecule has 1 rings (SSSR count). The van der Waals surface area contributed by atoms with Gasteiger partial charge >= 0.3 is 0 Å². The summed E-state index contributed by atoms with van der Waals surface area (Å²) < 4.78 is 4.47. The summed E-state index contributed by atoms with van der Waals surface area (Å²) >= 11 is 4.00. The summed E-state index contributed by atoms with van der Waals surface area (Å²) in [7, 11) is 0. The van der Waals surface area contributed by atoms with Gasteiger partial charge in [-0.3, -0.25) is 0 Å². The third kappa shape index (κ3) is 1.23. The normalized spacial score (nSPS) is 9.62. The monoisotopic (exact) mass is 130 g/mol. The number of rotatable bonds is 2. The Kier molecular flexibility index (Phi) is 1.91. The van der Waals surface area contributed by atoms with Crippen LogP contribution in [0.15, 0.2) is 10.8 Å². The van der Waals surface area contributed by atoms with Gasteiger partial charge in [-0.05, 0) is 5.75 Å². The van der Waals surface area contributed by atoms with Gasteiger partial charge in [0.2, 0.25) is 0 Å². The van der Waals surface area contributed by atoms with Crippen LogP contribution in [-0.4, -0.2) is 16.1 Å². The van der Waals surface area contributed by atoms with Crippen LogP contribution in [-0.2, 0) is 6.42 Å². The SMILES string of the molecule is SCCc1conn1. The maximum atomic E-state index is 4.47. The van der Waals surface area contributed by atoms with Crippen molar-refractivity contribution in [2.24, 2.45) is 0 Å². The van der Waals surface area contributed by atoms with Gasteiger partial charge in [-0.2, -0.15) is 12.6 Å². The molecule has 0 unspecified atom stereocenters. The zero-order chi connectivity index (χ0) is 5.82. The van der Waals surface area contributed by atoms with E-state index in [1.807, 2.05) is 0 Å². The maximum Gasteiger partial charge on any atom is 0.147 e. The number of aromatic nitrogens is 2. The Balaban J connectivity index is 2.50. The van der Waals surface area contributed by atoms with Crippen LogP contribution >= 0.6 is 12.6 Å². The number of hydrogen-bond acceptors (Lipinski definition) is 4. The van der Waals surface area contributed by atoms with Gasteiger partial charge in [0.25, 0.3) is 0 Å². The molecule has 4 heteroatoms. The highest BCUT2D eigenvalue weighted by Crippen LogP contribution is 1.92. The van der Waals surface area contributed by atoms with Gasteiger partial charge in [0.1, 0.15) is 12.0 Å². The lowest BCUT2D eigenvalue weighted by atomic mass is 10.4. The fraction of sp³-hybridized carbons (Fsp3) is 0.500. The van der Waals surface area contributed by atoms with Crippen LogP contribution in [0.2, 0.25) is 0 Å². The fourth-order valence-corrected chi connectivity index (χ4v) is 0.637. The Morgan fingerprint density at radius 3 is 3.12 bits per heavy atom. The molecule has 0 amide bonds. The summed E-state index contributed by atoms with van der Waals surface area (Å²) in [5.74, 6) is 0.786. The number of aryl methyl sites for hydroxylation is 1. The van der Waals surface area contributed by atoms with E-state index in [9.17, 15) is 0 Å². The maximum absolute atomic E-state index is 4.47. The van der Waals surface area contributed by atoms with Crippen molar-refractivity contribution in [3.63, 3.8) is 0 Å². The molecular formula is C4H6N2OS. The summed E-state index contributed by atoms with van der Waals surface area (Å²) in [6, 6.07) is 0. The Morgan fingerprint density at radius 2 is 2.62 bits per heavy atom. The van der Waals surface area contributed by atoms with Gasteiger partial charge in [-0.15, -0.1) is 5.10 Å². The highest BCUT2D eigenvalue weighted by atomic mass is 32.1. The quantitative estimate of drug-likeness (QED) is 0.594. The van der Waals surface area contributed by atoms with Crippen LogP contribution in [0.5, 0.6) is 0 Å². The van der Waals surface area contributed by atoms with Gasteiger partial charge in [0.15, 0.2) is 0 Å². The smallest absolute Gasteiger partial charge is 0.147 e. The molecule has 0 aromatic carbocycles. The number of nitrogens with zero attached hydrogens (tertiary/aromatic N) is 2. The first-order chi connectivity index (χ1) is 3.93. The van der Waals surface area contributed by atoms with Crippen molar-refractivity contribution in [3.05, 3.63) is 12.0 Å². The molecule has 0 fully saturated rings. The van der Waals surface area contributed by atoms with E-state index in [2.05, 4.69) is 27.5 Å². The molecule has 0 aliphatic heterocycles. The molecule has 0 radical (unpaired) electrons. The molecular weight excluding hydrogens is 124 g/mol. The molecule has 0 N–H and O–H groups in total. The van der Waals surface area contributed by atoms with E-state index in [0.29, 0.717) is 0 Å². The third-order valence-corrected chi connectivity index (χ3v) is 0.997. The van der Waals surface area contributed by atoms with Gasteiger partial charge in [-0.1, -0.05) is 0 Å². The van der Waals surface area contributed by atoms with Crippen molar-refractivity contribution in [1.82, 2.24) is 10.4 Å². The lowest BCUT2D eigenvalue weighted by molar-refractivity contribution is 0.392. The second-order valence-electron chi connectivity index (χ2n) is 1.37. The average molecular weight is 130 g/mol. The molecule has 8 heavy (non-hydrogen) atoms. The van der Waals surface area contributed by atoms with E-state index in [-0.39, 0.29) is 0 Å². The topological polar surface area (TPSA) is 38.9 Å². The Morgan fingerprint density at radius 1 is 1.75 bits per heavy atom. The molecule has 3 nitrogen and oxygen atoms in total. The Bertz CT molecular complexity index is 140. The van der Waals surface area contributed by atoms with Gasteiger partial charge in [-0.25, -0.2) is 0 Å². The van der Waals surface area contributed by atoms with E-state index in [1.165, 1.54) is 6.26 Å². The minimum Gasteiger partial charge on any atom is -0.345 e. The van der Waals surface area contributed by atoms with Crippen LogP contribution in [0.25, 0.3) is 0 Å². The van der Waals surface area contributed by atoms with Crippen molar-refractivity contribution in [2.45, 2.75) is 6.42 Å². The molecule has 0 aliphatic carbocycles. The largest absolute Gasteiger partial charge is 0.345 e. The van der Waals surface area contributed by atoms with E-state index in [1.54, 1.807) is 0 Å². The Labute approximate surface area is 52.5 Å². The molecule has 1 aromatic rings. The standard InChI is InChI=1S/C4H6N2OS/c8-2-1-4-3-7-6-5-4/h3,8H,1-2H2. The van der Waals surface area contributed by atoms with Crippen LogP contribution < -0.4 is 0 Å². The summed E-state index contributed by atoms with van der Waals surface area (Å²) in [4.78, 5) is 0. The molecule has 1 heterocycles. The predicted molar refractivity (Wildman–Crippen MR) is 31.9 cm³/mol. The predicted octanol–water partition coefficient (Wildman–Crippen LogP) is 0.542.